The number of benzene rings is 2. The first kappa shape index (κ1) is 14.8. The van der Waals surface area contributed by atoms with E-state index in [1.807, 2.05) is 36.4 Å². The molecular weight excluding hydrogens is 316 g/mol. The second-order valence-electron chi connectivity index (χ2n) is 4.61. The average molecular weight is 333 g/mol. The number of carbonyl (C=O) groups is 1. The van der Waals surface area contributed by atoms with Gasteiger partial charge in [-0.05, 0) is 35.4 Å². The van der Waals surface area contributed by atoms with Crippen molar-refractivity contribution < 1.29 is 4.79 Å². The van der Waals surface area contributed by atoms with E-state index >= 15 is 0 Å². The van der Waals surface area contributed by atoms with Crippen molar-refractivity contribution in [3.63, 3.8) is 0 Å². The monoisotopic (exact) mass is 332 g/mol. The molecule has 0 aromatic heterocycles. The number of carbonyl (C=O) groups excluding carboxylic acids is 1. The van der Waals surface area contributed by atoms with Crippen LogP contribution in [0.15, 0.2) is 53.0 Å². The Kier molecular flexibility index (Phi) is 5.32. The second kappa shape index (κ2) is 7.22. The molecule has 0 atom stereocenters. The van der Waals surface area contributed by atoms with Gasteiger partial charge >= 0.3 is 0 Å². The van der Waals surface area contributed by atoms with Crippen molar-refractivity contribution in [1.29, 1.82) is 0 Å². The van der Waals surface area contributed by atoms with Gasteiger partial charge in [-0.15, -0.1) is 0 Å². The van der Waals surface area contributed by atoms with Crippen LogP contribution < -0.4 is 10.6 Å². The molecule has 0 bridgehead atoms. The van der Waals surface area contributed by atoms with E-state index in [9.17, 15) is 4.79 Å². The molecule has 2 rings (SSSR count). The summed E-state index contributed by atoms with van der Waals surface area (Å²) in [6.07, 6.45) is 0. The molecule has 0 radical (unpaired) electrons. The molecule has 4 heteroatoms. The van der Waals surface area contributed by atoms with E-state index in [0.717, 1.165) is 23.2 Å². The summed E-state index contributed by atoms with van der Waals surface area (Å²) in [5.41, 5.74) is 3.27. The van der Waals surface area contributed by atoms with Gasteiger partial charge in [0.25, 0.3) is 0 Å². The minimum atomic E-state index is -0.0499. The van der Waals surface area contributed by atoms with Gasteiger partial charge in [0.15, 0.2) is 0 Å². The van der Waals surface area contributed by atoms with Gasteiger partial charge in [0.1, 0.15) is 0 Å². The van der Waals surface area contributed by atoms with E-state index in [1.165, 1.54) is 18.1 Å². The first-order chi connectivity index (χ1) is 9.63. The lowest BCUT2D eigenvalue weighted by molar-refractivity contribution is -0.114. The van der Waals surface area contributed by atoms with Crippen molar-refractivity contribution in [2.45, 2.75) is 20.0 Å². The van der Waals surface area contributed by atoms with Crippen LogP contribution in [0.2, 0.25) is 0 Å². The predicted octanol–water partition coefficient (Wildman–Crippen LogP) is 3.70. The maximum atomic E-state index is 10.9. The number of hydrogen-bond donors (Lipinski definition) is 2. The maximum absolute atomic E-state index is 10.9. The first-order valence-electron chi connectivity index (χ1n) is 6.45. The molecule has 104 valence electrons. The van der Waals surface area contributed by atoms with Gasteiger partial charge in [-0.3, -0.25) is 4.79 Å². The highest BCUT2D eigenvalue weighted by Crippen LogP contribution is 2.11. The molecule has 0 aliphatic rings. The molecule has 0 saturated carbocycles. The topological polar surface area (TPSA) is 41.1 Å². The molecule has 0 aliphatic carbocycles. The first-order valence-corrected chi connectivity index (χ1v) is 7.24. The quantitative estimate of drug-likeness (QED) is 0.876. The van der Waals surface area contributed by atoms with Gasteiger partial charge in [0, 0.05) is 30.2 Å². The summed E-state index contributed by atoms with van der Waals surface area (Å²) < 4.78 is 1.09. The Balaban J connectivity index is 1.82. The van der Waals surface area contributed by atoms with Crippen LogP contribution in [0.25, 0.3) is 0 Å². The van der Waals surface area contributed by atoms with Crippen LogP contribution in [0, 0.1) is 0 Å². The Hall–Kier alpha value is -1.65. The van der Waals surface area contributed by atoms with Crippen molar-refractivity contribution in [2.24, 2.45) is 0 Å². The third-order valence-corrected chi connectivity index (χ3v) is 3.37. The van der Waals surface area contributed by atoms with Crippen LogP contribution >= 0.6 is 15.9 Å². The minimum absolute atomic E-state index is 0.0499. The summed E-state index contributed by atoms with van der Waals surface area (Å²) in [6.45, 7) is 3.14. The normalized spacial score (nSPS) is 10.3. The zero-order chi connectivity index (χ0) is 14.4. The fourth-order valence-electron chi connectivity index (χ4n) is 1.86. The molecule has 0 fully saturated rings. The third kappa shape index (κ3) is 4.79. The van der Waals surface area contributed by atoms with E-state index in [1.54, 1.807) is 0 Å². The summed E-state index contributed by atoms with van der Waals surface area (Å²) in [6, 6.07) is 16.1. The molecule has 20 heavy (non-hydrogen) atoms. The summed E-state index contributed by atoms with van der Waals surface area (Å²) in [5, 5.41) is 6.15. The Labute approximate surface area is 127 Å². The van der Waals surface area contributed by atoms with Crippen LogP contribution in [-0.4, -0.2) is 5.91 Å². The Morgan fingerprint density at radius 2 is 1.45 bits per heavy atom. The van der Waals surface area contributed by atoms with Gasteiger partial charge in [0.2, 0.25) is 5.91 Å². The van der Waals surface area contributed by atoms with Gasteiger partial charge in [-0.25, -0.2) is 0 Å². The lowest BCUT2D eigenvalue weighted by Gasteiger charge is -2.07. The molecular formula is C16H17BrN2O. The molecule has 2 aromatic rings. The average Bonchev–Trinajstić information content (AvgIpc) is 2.42. The zero-order valence-corrected chi connectivity index (χ0v) is 12.9. The van der Waals surface area contributed by atoms with E-state index in [2.05, 4.69) is 38.7 Å². The molecule has 0 spiro atoms. The number of hydrogen-bond acceptors (Lipinski definition) is 2. The van der Waals surface area contributed by atoms with Crippen LogP contribution in [0.4, 0.5) is 5.69 Å². The number of nitrogens with one attached hydrogen (secondary N) is 2. The second-order valence-corrected chi connectivity index (χ2v) is 5.52. The number of amides is 1. The summed E-state index contributed by atoms with van der Waals surface area (Å²) >= 11 is 3.42. The van der Waals surface area contributed by atoms with Crippen molar-refractivity contribution >= 4 is 27.5 Å². The molecule has 0 heterocycles. The molecule has 1 amide bonds. The highest BCUT2D eigenvalue weighted by atomic mass is 79.9. The lowest BCUT2D eigenvalue weighted by Crippen LogP contribution is -2.12. The highest BCUT2D eigenvalue weighted by Gasteiger charge is 1.97. The Bertz CT molecular complexity index is 564. The fourth-order valence-corrected chi connectivity index (χ4v) is 2.13. The third-order valence-electron chi connectivity index (χ3n) is 2.85. The van der Waals surface area contributed by atoms with Crippen molar-refractivity contribution in [3.05, 3.63) is 64.1 Å². The molecule has 2 aromatic carbocycles. The summed E-state index contributed by atoms with van der Waals surface area (Å²) in [7, 11) is 0. The zero-order valence-electron chi connectivity index (χ0n) is 11.3. The molecule has 2 N–H and O–H groups in total. The lowest BCUT2D eigenvalue weighted by atomic mass is 10.2. The molecule has 0 saturated heterocycles. The van der Waals surface area contributed by atoms with Crippen LogP contribution in [0.3, 0.4) is 0 Å². The predicted molar refractivity (Wildman–Crippen MR) is 85.4 cm³/mol. The largest absolute Gasteiger partial charge is 0.326 e. The minimum Gasteiger partial charge on any atom is -0.326 e. The van der Waals surface area contributed by atoms with Gasteiger partial charge in [-0.1, -0.05) is 40.2 Å². The van der Waals surface area contributed by atoms with Gasteiger partial charge < -0.3 is 10.6 Å². The standard InChI is InChI=1S/C16H17BrN2O/c1-12(20)19-16-8-4-14(5-9-16)11-18-10-13-2-6-15(17)7-3-13/h2-9,18H,10-11H2,1H3,(H,19,20). The van der Waals surface area contributed by atoms with E-state index in [0.29, 0.717) is 0 Å². The number of anilines is 1. The summed E-state index contributed by atoms with van der Waals surface area (Å²) in [5.74, 6) is -0.0499. The molecule has 3 nitrogen and oxygen atoms in total. The number of halogens is 1. The smallest absolute Gasteiger partial charge is 0.221 e. The summed E-state index contributed by atoms with van der Waals surface area (Å²) in [4.78, 5) is 10.9. The van der Waals surface area contributed by atoms with Crippen molar-refractivity contribution in [3.8, 4) is 0 Å². The van der Waals surface area contributed by atoms with Crippen molar-refractivity contribution in [1.82, 2.24) is 5.32 Å². The van der Waals surface area contributed by atoms with E-state index in [4.69, 9.17) is 0 Å². The van der Waals surface area contributed by atoms with Crippen LogP contribution in [0.5, 0.6) is 0 Å². The van der Waals surface area contributed by atoms with Gasteiger partial charge in [-0.2, -0.15) is 0 Å². The molecule has 0 aliphatic heterocycles. The SMILES string of the molecule is CC(=O)Nc1ccc(CNCc2ccc(Br)cc2)cc1. The fraction of sp³-hybridized carbons (Fsp3) is 0.188. The van der Waals surface area contributed by atoms with E-state index in [-0.39, 0.29) is 5.91 Å². The maximum Gasteiger partial charge on any atom is 0.221 e. The van der Waals surface area contributed by atoms with E-state index < -0.39 is 0 Å². The Morgan fingerprint density at radius 1 is 0.950 bits per heavy atom. The van der Waals surface area contributed by atoms with Crippen LogP contribution in [-0.2, 0) is 17.9 Å². The van der Waals surface area contributed by atoms with Crippen LogP contribution in [0.1, 0.15) is 18.1 Å². The molecule has 0 unspecified atom stereocenters. The Morgan fingerprint density at radius 3 is 1.95 bits per heavy atom. The number of rotatable bonds is 5. The van der Waals surface area contributed by atoms with Crippen molar-refractivity contribution in [2.75, 3.05) is 5.32 Å². The van der Waals surface area contributed by atoms with Gasteiger partial charge in [0.05, 0.1) is 0 Å². The highest BCUT2D eigenvalue weighted by molar-refractivity contribution is 9.10.